The van der Waals surface area contributed by atoms with E-state index in [9.17, 15) is 35.7 Å². The van der Waals surface area contributed by atoms with Gasteiger partial charge in [-0.15, -0.1) is 13.2 Å². The molecule has 0 aromatic heterocycles. The highest BCUT2D eigenvalue weighted by molar-refractivity contribution is 6.30. The smallest absolute Gasteiger partial charge is 0.206 e. The van der Waals surface area contributed by atoms with E-state index in [4.69, 9.17) is 0 Å². The van der Waals surface area contributed by atoms with Gasteiger partial charge in [0.1, 0.15) is 0 Å². The van der Waals surface area contributed by atoms with Gasteiger partial charge >= 0.3 is 0 Å². The van der Waals surface area contributed by atoms with Crippen molar-refractivity contribution >= 4 is 49.4 Å². The van der Waals surface area contributed by atoms with Crippen molar-refractivity contribution in [1.29, 1.82) is 0 Å². The molecule has 0 fully saturated rings. The molecular formula is C51H47NO7. The van der Waals surface area contributed by atoms with Crippen molar-refractivity contribution in [2.45, 2.75) is 60.8 Å². The second-order valence-electron chi connectivity index (χ2n) is 16.3. The van der Waals surface area contributed by atoms with E-state index in [-0.39, 0.29) is 28.1 Å². The molecule has 0 atom stereocenters. The van der Waals surface area contributed by atoms with Crippen LogP contribution < -0.4 is 4.90 Å². The van der Waals surface area contributed by atoms with Crippen LogP contribution in [0.1, 0.15) is 58.4 Å². The van der Waals surface area contributed by atoms with Crippen LogP contribution in [-0.2, 0) is 5.41 Å². The molecule has 0 unspecified atom stereocenters. The quantitative estimate of drug-likeness (QED) is 0.0404. The zero-order chi connectivity index (χ0) is 42.7. The minimum Gasteiger partial charge on any atom is -0.504 e. The first-order valence-electron chi connectivity index (χ1n) is 19.4. The summed E-state index contributed by atoms with van der Waals surface area (Å²) in [6, 6.07) is 25.9. The summed E-state index contributed by atoms with van der Waals surface area (Å²) >= 11 is 0. The first-order valence-corrected chi connectivity index (χ1v) is 19.4. The van der Waals surface area contributed by atoms with E-state index in [0.717, 1.165) is 33.0 Å². The van der Waals surface area contributed by atoms with Crippen LogP contribution in [0.25, 0.3) is 54.6 Å². The largest absolute Gasteiger partial charge is 0.504 e. The van der Waals surface area contributed by atoms with Crippen molar-refractivity contribution < 1.29 is 35.7 Å². The average Bonchev–Trinajstić information content (AvgIpc) is 3.22. The standard InChI is InChI=1S/C49H43NO7.C2H4/c1-21-16-22(2)36(23(3)17-21)33-18-28-12-14-32-30-15-13-29(20-34(30)49(7,8)35-19-27-10-9-11-31(33)37(27)38(28)39(32)35)50(40-24(4)42(51)46(55)43(52)25(40)5)41-26(6)44(53)47(56)48(57)45(41)54;1-2/h9-20,51-57H,1-8H3;1-2H2. The topological polar surface area (TPSA) is 145 Å². The van der Waals surface area contributed by atoms with Gasteiger partial charge in [0, 0.05) is 27.8 Å². The van der Waals surface area contributed by atoms with Crippen molar-refractivity contribution in [3.63, 3.8) is 0 Å². The van der Waals surface area contributed by atoms with E-state index >= 15 is 0 Å². The summed E-state index contributed by atoms with van der Waals surface area (Å²) in [5, 5.41) is 83.4. The summed E-state index contributed by atoms with van der Waals surface area (Å²) in [5.41, 5.74) is 10.7. The maximum absolute atomic E-state index is 11.5. The zero-order valence-corrected chi connectivity index (χ0v) is 34.4. The molecule has 0 spiro atoms. The van der Waals surface area contributed by atoms with Gasteiger partial charge in [-0.3, -0.25) is 0 Å². The number of phenolic OH excluding ortho intramolecular Hbond substituents is 7. The Hall–Kier alpha value is -7.06. The minimum atomic E-state index is -0.937. The van der Waals surface area contributed by atoms with Crippen molar-refractivity contribution in [3.8, 4) is 62.5 Å². The molecule has 8 heteroatoms. The van der Waals surface area contributed by atoms with Gasteiger partial charge < -0.3 is 40.6 Å². The Bertz CT molecular complexity index is 2950. The lowest BCUT2D eigenvalue weighted by Gasteiger charge is -2.38. The van der Waals surface area contributed by atoms with Gasteiger partial charge in [-0.1, -0.05) is 67.9 Å². The predicted molar refractivity (Wildman–Crippen MR) is 239 cm³/mol. The van der Waals surface area contributed by atoms with E-state index in [1.807, 2.05) is 18.2 Å². The van der Waals surface area contributed by atoms with Crippen LogP contribution in [-0.4, -0.2) is 35.7 Å². The van der Waals surface area contributed by atoms with Crippen molar-refractivity contribution in [3.05, 3.63) is 130 Å². The molecule has 0 heterocycles. The molecule has 0 amide bonds. The monoisotopic (exact) mass is 785 g/mol. The number of hydrogen-bond acceptors (Lipinski definition) is 8. The lowest BCUT2D eigenvalue weighted by molar-refractivity contribution is 0.345. The SMILES string of the molecule is C=C.Cc1cc(C)c(-c2cc3ccc4c5c(cc6cccc2c6c35)C(C)(C)c2cc(N(c3c(C)c(O)c(O)c(O)c3C)c3c(C)c(O)c(O)c(O)c3O)ccc2-4)c(C)c1. The molecule has 1 aliphatic carbocycles. The molecule has 8 aromatic carbocycles. The summed E-state index contributed by atoms with van der Waals surface area (Å²) in [6.07, 6.45) is 0. The van der Waals surface area contributed by atoms with Crippen LogP contribution in [0.3, 0.4) is 0 Å². The molecule has 0 saturated carbocycles. The Balaban J connectivity index is 0.00000238. The molecule has 59 heavy (non-hydrogen) atoms. The maximum Gasteiger partial charge on any atom is 0.206 e. The Morgan fingerprint density at radius 1 is 0.475 bits per heavy atom. The molecule has 298 valence electrons. The van der Waals surface area contributed by atoms with E-state index < -0.39 is 45.7 Å². The first-order chi connectivity index (χ1) is 27.9. The highest BCUT2D eigenvalue weighted by Crippen LogP contribution is 2.59. The molecule has 0 aliphatic heterocycles. The van der Waals surface area contributed by atoms with Crippen LogP contribution in [0.4, 0.5) is 17.1 Å². The summed E-state index contributed by atoms with van der Waals surface area (Å²) in [7, 11) is 0. The van der Waals surface area contributed by atoms with E-state index in [1.165, 1.54) is 61.2 Å². The number of rotatable bonds is 4. The lowest BCUT2D eigenvalue weighted by Crippen LogP contribution is -2.25. The molecule has 9 rings (SSSR count). The summed E-state index contributed by atoms with van der Waals surface area (Å²) in [4.78, 5) is 1.52. The number of anilines is 3. The molecule has 7 N–H and O–H groups in total. The number of hydrogen-bond donors (Lipinski definition) is 7. The molecule has 0 radical (unpaired) electrons. The van der Waals surface area contributed by atoms with Crippen LogP contribution in [0.5, 0.6) is 40.2 Å². The molecule has 1 aliphatic rings. The molecule has 0 saturated heterocycles. The number of phenols is 7. The fraction of sp³-hybridized carbons (Fsp3) is 0.176. The Labute approximate surface area is 342 Å². The summed E-state index contributed by atoms with van der Waals surface area (Å²) < 4.78 is 0. The molecule has 0 bridgehead atoms. The number of aromatic hydroxyl groups is 7. The highest BCUT2D eigenvalue weighted by Gasteiger charge is 2.37. The number of nitrogens with zero attached hydrogens (tertiary/aromatic N) is 1. The van der Waals surface area contributed by atoms with E-state index in [1.54, 1.807) is 13.8 Å². The third-order valence-electron chi connectivity index (χ3n) is 12.5. The van der Waals surface area contributed by atoms with Crippen molar-refractivity contribution in [2.24, 2.45) is 0 Å². The van der Waals surface area contributed by atoms with Gasteiger partial charge in [0.15, 0.2) is 23.0 Å². The van der Waals surface area contributed by atoms with Gasteiger partial charge in [-0.25, -0.2) is 0 Å². The predicted octanol–water partition coefficient (Wildman–Crippen LogP) is 12.6. The van der Waals surface area contributed by atoms with Crippen molar-refractivity contribution in [1.82, 2.24) is 0 Å². The van der Waals surface area contributed by atoms with Gasteiger partial charge in [0.2, 0.25) is 17.2 Å². The molecular weight excluding hydrogens is 739 g/mol. The Kier molecular flexibility index (Phi) is 8.71. The fourth-order valence-corrected chi connectivity index (χ4v) is 9.80. The Morgan fingerprint density at radius 2 is 1.02 bits per heavy atom. The van der Waals surface area contributed by atoms with Gasteiger partial charge in [0.05, 0.1) is 11.4 Å². The lowest BCUT2D eigenvalue weighted by atomic mass is 9.67. The van der Waals surface area contributed by atoms with Gasteiger partial charge in [-0.2, -0.15) is 0 Å². The number of fused-ring (bicyclic) bond motifs is 2. The van der Waals surface area contributed by atoms with Gasteiger partial charge in [-0.05, 0) is 143 Å². The van der Waals surface area contributed by atoms with Gasteiger partial charge in [0.25, 0.3) is 0 Å². The van der Waals surface area contributed by atoms with Crippen LogP contribution >= 0.6 is 0 Å². The number of aryl methyl sites for hydroxylation is 3. The Morgan fingerprint density at radius 3 is 1.64 bits per heavy atom. The third-order valence-corrected chi connectivity index (χ3v) is 12.5. The van der Waals surface area contributed by atoms with Crippen LogP contribution in [0.2, 0.25) is 0 Å². The summed E-state index contributed by atoms with van der Waals surface area (Å²) in [6.45, 7) is 21.5. The van der Waals surface area contributed by atoms with Crippen molar-refractivity contribution in [2.75, 3.05) is 4.90 Å². The third kappa shape index (κ3) is 5.22. The highest BCUT2D eigenvalue weighted by atomic mass is 16.3. The van der Waals surface area contributed by atoms with Crippen LogP contribution in [0.15, 0.2) is 86.0 Å². The van der Waals surface area contributed by atoms with E-state index in [2.05, 4.69) is 102 Å². The molecule has 8 aromatic rings. The second kappa shape index (κ2) is 13.2. The second-order valence-corrected chi connectivity index (χ2v) is 16.3. The minimum absolute atomic E-state index is 0.0217. The summed E-state index contributed by atoms with van der Waals surface area (Å²) in [5.74, 6) is -5.05. The van der Waals surface area contributed by atoms with E-state index in [0.29, 0.717) is 5.69 Å². The zero-order valence-electron chi connectivity index (χ0n) is 34.4. The number of benzene rings is 8. The molecule has 8 nitrogen and oxygen atoms in total. The maximum atomic E-state index is 11.5. The normalized spacial score (nSPS) is 12.8. The average molecular weight is 786 g/mol. The van der Waals surface area contributed by atoms with Crippen LogP contribution in [0, 0.1) is 41.5 Å². The first kappa shape index (κ1) is 38.8. The fourth-order valence-electron chi connectivity index (χ4n) is 9.80.